The molecule has 3 rings (SSSR count). The fourth-order valence-electron chi connectivity index (χ4n) is 3.70. The van der Waals surface area contributed by atoms with Crippen molar-refractivity contribution in [1.82, 2.24) is 31.3 Å². The molecular formula is C20H28N10O3. The van der Waals surface area contributed by atoms with E-state index in [1.807, 2.05) is 24.3 Å². The van der Waals surface area contributed by atoms with Crippen LogP contribution in [0.25, 0.3) is 0 Å². The van der Waals surface area contributed by atoms with Crippen LogP contribution >= 0.6 is 0 Å². The molecule has 3 amide bonds. The van der Waals surface area contributed by atoms with Crippen molar-refractivity contribution in [3.8, 4) is 0 Å². The number of hydrogen-bond donors (Lipinski definition) is 6. The molecule has 0 unspecified atom stereocenters. The summed E-state index contributed by atoms with van der Waals surface area (Å²) >= 11 is 0. The number of aliphatic imine (C=N–C) groups is 1. The van der Waals surface area contributed by atoms with Gasteiger partial charge in [0.15, 0.2) is 5.96 Å². The number of carbonyl (C=O) groups excluding carboxylic acids is 3. The molecule has 1 aliphatic rings. The SMILES string of the molecule is NC(N)=NCCCCNC(=O)C1(NC(=O)CCC(=O)Nc2nn[nH]n2)Cc2ccccc2C1. The number of aromatic amines is 1. The Labute approximate surface area is 190 Å². The van der Waals surface area contributed by atoms with Crippen molar-refractivity contribution in [3.05, 3.63) is 35.4 Å². The van der Waals surface area contributed by atoms with Crippen LogP contribution in [-0.2, 0) is 27.2 Å². The highest BCUT2D eigenvalue weighted by molar-refractivity contribution is 5.95. The maximum absolute atomic E-state index is 13.2. The van der Waals surface area contributed by atoms with Crippen LogP contribution < -0.4 is 27.4 Å². The molecule has 1 aromatic heterocycles. The number of amides is 3. The highest BCUT2D eigenvalue weighted by Crippen LogP contribution is 2.30. The number of nitrogens with zero attached hydrogens (tertiary/aromatic N) is 4. The van der Waals surface area contributed by atoms with Crippen LogP contribution in [0.2, 0.25) is 0 Å². The molecule has 13 heteroatoms. The third kappa shape index (κ3) is 6.72. The van der Waals surface area contributed by atoms with E-state index in [-0.39, 0.29) is 30.7 Å². The zero-order chi connectivity index (χ0) is 23.7. The van der Waals surface area contributed by atoms with Crippen molar-refractivity contribution in [2.24, 2.45) is 16.5 Å². The number of carbonyl (C=O) groups is 3. The topological polar surface area (TPSA) is 206 Å². The number of nitrogens with one attached hydrogen (secondary N) is 4. The number of unbranched alkanes of at least 4 members (excludes halogenated alkanes) is 1. The van der Waals surface area contributed by atoms with Crippen LogP contribution in [0.4, 0.5) is 5.95 Å². The highest BCUT2D eigenvalue weighted by Gasteiger charge is 2.44. The predicted molar refractivity (Wildman–Crippen MR) is 120 cm³/mol. The molecule has 176 valence electrons. The van der Waals surface area contributed by atoms with Gasteiger partial charge >= 0.3 is 0 Å². The Morgan fingerprint density at radius 3 is 2.39 bits per heavy atom. The normalized spacial score (nSPS) is 13.6. The molecule has 0 saturated carbocycles. The molecule has 0 radical (unpaired) electrons. The average Bonchev–Trinajstić information content (AvgIpc) is 3.42. The van der Waals surface area contributed by atoms with E-state index in [1.54, 1.807) is 0 Å². The van der Waals surface area contributed by atoms with Gasteiger partial charge in [0.2, 0.25) is 17.7 Å². The summed E-state index contributed by atoms with van der Waals surface area (Å²) in [7, 11) is 0. The molecule has 13 nitrogen and oxygen atoms in total. The number of anilines is 1. The zero-order valence-electron chi connectivity index (χ0n) is 18.1. The standard InChI is InChI=1S/C20H28N10O3/c21-18(22)24-10-4-3-9-23-17(33)20(11-13-5-1-2-6-14(13)12-20)26-16(32)8-7-15(31)25-19-27-29-30-28-19/h1-2,5-6H,3-4,7-12H2,(H,23,33)(H,26,32)(H4,21,22,24)(H2,25,27,28,29,30,31). The first-order valence-corrected chi connectivity index (χ1v) is 10.6. The minimum Gasteiger partial charge on any atom is -0.370 e. The van der Waals surface area contributed by atoms with Gasteiger partial charge in [-0.15, -0.1) is 5.10 Å². The van der Waals surface area contributed by atoms with Crippen LogP contribution in [0.3, 0.4) is 0 Å². The molecule has 1 aliphatic carbocycles. The van der Waals surface area contributed by atoms with Gasteiger partial charge in [-0.3, -0.25) is 24.7 Å². The Balaban J connectivity index is 1.56. The molecule has 8 N–H and O–H groups in total. The van der Waals surface area contributed by atoms with Gasteiger partial charge in [-0.1, -0.05) is 29.4 Å². The molecule has 1 heterocycles. The van der Waals surface area contributed by atoms with Gasteiger partial charge in [-0.05, 0) is 29.2 Å². The van der Waals surface area contributed by atoms with E-state index in [0.717, 1.165) is 11.1 Å². The largest absolute Gasteiger partial charge is 0.370 e. The lowest BCUT2D eigenvalue weighted by Crippen LogP contribution is -2.59. The lowest BCUT2D eigenvalue weighted by atomic mass is 9.93. The van der Waals surface area contributed by atoms with Crippen molar-refractivity contribution in [1.29, 1.82) is 0 Å². The molecule has 0 saturated heterocycles. The van der Waals surface area contributed by atoms with E-state index in [0.29, 0.717) is 38.8 Å². The summed E-state index contributed by atoms with van der Waals surface area (Å²) in [5.41, 5.74) is 11.5. The first-order chi connectivity index (χ1) is 15.9. The molecule has 0 bridgehead atoms. The van der Waals surface area contributed by atoms with Crippen molar-refractivity contribution in [3.63, 3.8) is 0 Å². The van der Waals surface area contributed by atoms with Gasteiger partial charge in [0.25, 0.3) is 5.95 Å². The summed E-state index contributed by atoms with van der Waals surface area (Å²) in [4.78, 5) is 41.8. The zero-order valence-corrected chi connectivity index (χ0v) is 18.1. The van der Waals surface area contributed by atoms with Crippen LogP contribution in [0.1, 0.15) is 36.8 Å². The third-order valence-corrected chi connectivity index (χ3v) is 5.26. The summed E-state index contributed by atoms with van der Waals surface area (Å²) in [6.45, 7) is 0.914. The van der Waals surface area contributed by atoms with E-state index < -0.39 is 17.4 Å². The Bertz CT molecular complexity index is 976. The van der Waals surface area contributed by atoms with Gasteiger partial charge in [0.1, 0.15) is 5.54 Å². The lowest BCUT2D eigenvalue weighted by Gasteiger charge is -2.29. The number of hydrogen-bond acceptors (Lipinski definition) is 7. The first-order valence-electron chi connectivity index (χ1n) is 10.6. The van der Waals surface area contributed by atoms with Crippen LogP contribution in [0, 0.1) is 0 Å². The second-order valence-electron chi connectivity index (χ2n) is 7.81. The minimum atomic E-state index is -1.11. The van der Waals surface area contributed by atoms with Gasteiger partial charge < -0.3 is 22.1 Å². The smallest absolute Gasteiger partial charge is 0.269 e. The van der Waals surface area contributed by atoms with Crippen molar-refractivity contribution in [2.75, 3.05) is 18.4 Å². The lowest BCUT2D eigenvalue weighted by molar-refractivity contribution is -0.133. The van der Waals surface area contributed by atoms with Gasteiger partial charge in [0, 0.05) is 38.8 Å². The molecule has 0 aliphatic heterocycles. The Morgan fingerprint density at radius 1 is 1.06 bits per heavy atom. The van der Waals surface area contributed by atoms with E-state index in [4.69, 9.17) is 11.5 Å². The fraction of sp³-hybridized carbons (Fsp3) is 0.450. The van der Waals surface area contributed by atoms with Gasteiger partial charge in [0.05, 0.1) is 0 Å². The number of guanidine groups is 1. The van der Waals surface area contributed by atoms with Gasteiger partial charge in [-0.2, -0.15) is 5.21 Å². The Kier molecular flexibility index (Phi) is 7.89. The summed E-state index contributed by atoms with van der Waals surface area (Å²) in [5.74, 6) is -1.02. The molecular weight excluding hydrogens is 428 g/mol. The van der Waals surface area contributed by atoms with E-state index >= 15 is 0 Å². The number of aromatic nitrogens is 4. The molecule has 2 aromatic rings. The van der Waals surface area contributed by atoms with Crippen molar-refractivity contribution >= 4 is 29.6 Å². The van der Waals surface area contributed by atoms with Crippen LogP contribution in [-0.4, -0.2) is 62.9 Å². The third-order valence-electron chi connectivity index (χ3n) is 5.26. The number of fused-ring (bicyclic) bond motifs is 1. The number of rotatable bonds is 11. The summed E-state index contributed by atoms with van der Waals surface area (Å²) in [5, 5.41) is 21.1. The predicted octanol–water partition coefficient (Wildman–Crippen LogP) is -1.26. The monoisotopic (exact) mass is 456 g/mol. The maximum Gasteiger partial charge on any atom is 0.269 e. The van der Waals surface area contributed by atoms with Crippen molar-refractivity contribution < 1.29 is 14.4 Å². The quantitative estimate of drug-likeness (QED) is 0.136. The summed E-state index contributed by atoms with van der Waals surface area (Å²) in [6, 6.07) is 7.70. The average molecular weight is 457 g/mol. The summed E-state index contributed by atoms with van der Waals surface area (Å²) < 4.78 is 0. The second kappa shape index (κ2) is 11.0. The molecule has 0 spiro atoms. The second-order valence-corrected chi connectivity index (χ2v) is 7.81. The van der Waals surface area contributed by atoms with E-state index in [9.17, 15) is 14.4 Å². The minimum absolute atomic E-state index is 0.0299. The number of H-pyrrole nitrogens is 1. The Morgan fingerprint density at radius 2 is 1.76 bits per heavy atom. The highest BCUT2D eigenvalue weighted by atomic mass is 16.2. The molecule has 33 heavy (non-hydrogen) atoms. The number of nitrogens with two attached hydrogens (primary N) is 2. The Hall–Kier alpha value is -4.03. The first kappa shape index (κ1) is 23.6. The maximum atomic E-state index is 13.2. The fourth-order valence-corrected chi connectivity index (χ4v) is 3.70. The molecule has 1 aromatic carbocycles. The molecule has 0 fully saturated rings. The van der Waals surface area contributed by atoms with Crippen LogP contribution in [0.15, 0.2) is 29.3 Å². The molecule has 0 atom stereocenters. The summed E-state index contributed by atoms with van der Waals surface area (Å²) in [6.07, 6.45) is 1.99. The van der Waals surface area contributed by atoms with Crippen LogP contribution in [0.5, 0.6) is 0 Å². The van der Waals surface area contributed by atoms with Gasteiger partial charge in [-0.25, -0.2) is 0 Å². The van der Waals surface area contributed by atoms with Crippen molar-refractivity contribution in [2.45, 2.75) is 44.1 Å². The van der Waals surface area contributed by atoms with E-state index in [2.05, 4.69) is 41.6 Å². The number of tetrazole rings is 1. The van der Waals surface area contributed by atoms with E-state index in [1.165, 1.54) is 0 Å². The number of benzene rings is 1.